The molecule has 2 aromatic rings. The van der Waals surface area contributed by atoms with Crippen LogP contribution in [0.3, 0.4) is 0 Å². The molecule has 1 unspecified atom stereocenters. The van der Waals surface area contributed by atoms with Gasteiger partial charge in [0.15, 0.2) is 10.9 Å². The van der Waals surface area contributed by atoms with Crippen LogP contribution in [0, 0.1) is 0 Å². The van der Waals surface area contributed by atoms with Crippen LogP contribution in [0.4, 0.5) is 0 Å². The average molecular weight is 352 g/mol. The number of rotatable bonds is 8. The largest absolute Gasteiger partial charge is 0.477 e. The fraction of sp³-hybridized carbons (Fsp3) is 0.273. The maximum atomic E-state index is 11.9. The van der Waals surface area contributed by atoms with E-state index >= 15 is 0 Å². The van der Waals surface area contributed by atoms with E-state index in [0.717, 1.165) is 22.6 Å². The lowest BCUT2D eigenvalue weighted by atomic mass is 9.79. The Morgan fingerprint density at radius 3 is 2.62 bits per heavy atom. The Kier molecular flexibility index (Phi) is 6.23. The summed E-state index contributed by atoms with van der Waals surface area (Å²) in [6, 6.07) is 1.64. The van der Waals surface area contributed by atoms with Crippen LogP contribution in [0.25, 0.3) is 0 Å². The number of hydrogen-bond donors (Lipinski definition) is 4. The van der Waals surface area contributed by atoms with E-state index < -0.39 is 24.9 Å². The van der Waals surface area contributed by atoms with E-state index in [2.05, 4.69) is 25.6 Å². The van der Waals surface area contributed by atoms with Gasteiger partial charge in [-0.05, 0) is 6.07 Å². The van der Waals surface area contributed by atoms with Gasteiger partial charge in [0.1, 0.15) is 0 Å². The minimum atomic E-state index is -1.86. The number of nitrogens with zero attached hydrogens (tertiary/aromatic N) is 5. The fourth-order valence-corrected chi connectivity index (χ4v) is 2.25. The number of carboxylic acid groups (broad SMARTS) is 1. The van der Waals surface area contributed by atoms with E-state index in [4.69, 9.17) is 5.11 Å². The quantitative estimate of drug-likeness (QED) is 0.239. The van der Waals surface area contributed by atoms with Gasteiger partial charge in [-0.25, -0.2) is 14.8 Å². The van der Waals surface area contributed by atoms with Gasteiger partial charge in [-0.15, -0.1) is 5.10 Å². The van der Waals surface area contributed by atoms with Crippen molar-refractivity contribution >= 4 is 30.8 Å². The Morgan fingerprint density at radius 1 is 1.33 bits per heavy atom. The molecule has 24 heavy (non-hydrogen) atoms. The minimum Gasteiger partial charge on any atom is -0.476 e. The number of carbonyl (C=O) groups is 2. The third-order valence-corrected chi connectivity index (χ3v) is 3.60. The molecule has 126 valence electrons. The normalized spacial score (nSPS) is 11.8. The van der Waals surface area contributed by atoms with E-state index in [9.17, 15) is 19.6 Å². The van der Waals surface area contributed by atoms with Crippen LogP contribution in [0.5, 0.6) is 0 Å². The first-order valence-electron chi connectivity index (χ1n) is 6.64. The molecule has 2 aromatic heterocycles. The van der Waals surface area contributed by atoms with Gasteiger partial charge in [-0.1, -0.05) is 17.0 Å². The Bertz CT molecular complexity index is 699. The second kappa shape index (κ2) is 8.38. The van der Waals surface area contributed by atoms with Gasteiger partial charge in [0.05, 0.1) is 24.4 Å². The lowest BCUT2D eigenvalue weighted by Crippen LogP contribution is -2.49. The van der Waals surface area contributed by atoms with Crippen molar-refractivity contribution in [2.45, 2.75) is 17.6 Å². The van der Waals surface area contributed by atoms with Crippen molar-refractivity contribution in [2.75, 3.05) is 5.75 Å². The summed E-state index contributed by atoms with van der Waals surface area (Å²) in [4.78, 5) is 30.5. The molecule has 0 aromatic carbocycles. The van der Waals surface area contributed by atoms with Crippen molar-refractivity contribution in [1.29, 1.82) is 0 Å². The molecular weight excluding hydrogens is 339 g/mol. The van der Waals surface area contributed by atoms with Crippen molar-refractivity contribution in [3.63, 3.8) is 0 Å². The van der Waals surface area contributed by atoms with Crippen molar-refractivity contribution in [2.24, 2.45) is 0 Å². The van der Waals surface area contributed by atoms with E-state index in [1.807, 2.05) is 0 Å². The van der Waals surface area contributed by atoms with Gasteiger partial charge in [0.25, 0.3) is 0 Å². The highest BCUT2D eigenvalue weighted by Gasteiger charge is 2.26. The highest BCUT2D eigenvalue weighted by atomic mass is 32.2. The summed E-state index contributed by atoms with van der Waals surface area (Å²) in [5.41, 5.74) is -0.288. The second-order valence-corrected chi connectivity index (χ2v) is 5.48. The summed E-state index contributed by atoms with van der Waals surface area (Å²) < 4.78 is 1.10. The first-order chi connectivity index (χ1) is 11.5. The molecule has 1 amide bonds. The van der Waals surface area contributed by atoms with Crippen LogP contribution in [0.2, 0.25) is 0 Å². The number of thioether (sulfide) groups is 1. The van der Waals surface area contributed by atoms with Crippen molar-refractivity contribution in [3.8, 4) is 0 Å². The molecule has 0 bridgehead atoms. The summed E-state index contributed by atoms with van der Waals surface area (Å²) >= 11 is 1.09. The predicted molar refractivity (Wildman–Crippen MR) is 81.9 cm³/mol. The zero-order valence-corrected chi connectivity index (χ0v) is 13.0. The lowest BCUT2D eigenvalue weighted by Gasteiger charge is -2.17. The van der Waals surface area contributed by atoms with Crippen molar-refractivity contribution in [3.05, 3.63) is 30.4 Å². The van der Waals surface area contributed by atoms with E-state index in [-0.39, 0.29) is 18.0 Å². The molecule has 4 N–H and O–H groups in total. The third kappa shape index (κ3) is 5.29. The number of aromatic nitrogens is 5. The predicted octanol–water partition coefficient (Wildman–Crippen LogP) is -1.94. The standard InChI is InChI=1S/C11H13BN6O5S/c19-9(6-24-11-13-2-1-3-14-11)15-8(12(22)23)5-18-4-7(10(20)21)16-17-18/h1-4,8,22-23H,5-6H2,(H,15,19)(H,20,21). The molecule has 0 fully saturated rings. The summed E-state index contributed by atoms with van der Waals surface area (Å²) in [6.07, 6.45) is 4.20. The zero-order valence-electron chi connectivity index (χ0n) is 12.2. The van der Waals surface area contributed by atoms with E-state index in [1.54, 1.807) is 6.07 Å². The molecular formula is C11H13BN6O5S. The van der Waals surface area contributed by atoms with E-state index in [0.29, 0.717) is 5.16 Å². The lowest BCUT2D eigenvalue weighted by molar-refractivity contribution is -0.119. The summed E-state index contributed by atoms with van der Waals surface area (Å²) in [7, 11) is -1.86. The van der Waals surface area contributed by atoms with Crippen LogP contribution in [0.15, 0.2) is 29.8 Å². The highest BCUT2D eigenvalue weighted by molar-refractivity contribution is 7.99. The molecule has 0 radical (unpaired) electrons. The number of hydrogen-bond acceptors (Lipinski definition) is 9. The number of nitrogens with one attached hydrogen (secondary N) is 1. The van der Waals surface area contributed by atoms with Crippen LogP contribution < -0.4 is 5.32 Å². The van der Waals surface area contributed by atoms with Gasteiger partial charge < -0.3 is 20.5 Å². The molecule has 2 heterocycles. The molecule has 11 nitrogen and oxygen atoms in total. The van der Waals surface area contributed by atoms with Crippen LogP contribution in [-0.4, -0.2) is 70.8 Å². The summed E-state index contributed by atoms with van der Waals surface area (Å²) in [6.45, 7) is -0.157. The Morgan fingerprint density at radius 2 is 2.04 bits per heavy atom. The first kappa shape index (κ1) is 17.8. The van der Waals surface area contributed by atoms with E-state index in [1.165, 1.54) is 12.4 Å². The molecule has 0 aliphatic carbocycles. The Hall–Kier alpha value is -2.51. The van der Waals surface area contributed by atoms with Crippen LogP contribution in [-0.2, 0) is 11.3 Å². The average Bonchev–Trinajstić information content (AvgIpc) is 3.02. The molecule has 13 heteroatoms. The SMILES string of the molecule is O=C(CSc1ncccn1)NC(Cn1cc(C(=O)O)nn1)B(O)O. The second-order valence-electron chi connectivity index (χ2n) is 4.54. The fourth-order valence-electron chi connectivity index (χ4n) is 1.64. The number of amides is 1. The maximum Gasteiger partial charge on any atom is 0.477 e. The van der Waals surface area contributed by atoms with Gasteiger partial charge in [0.2, 0.25) is 5.91 Å². The van der Waals surface area contributed by atoms with Crippen LogP contribution >= 0.6 is 11.8 Å². The first-order valence-corrected chi connectivity index (χ1v) is 7.63. The summed E-state index contributed by atoms with van der Waals surface area (Å²) in [5, 5.41) is 37.3. The topological polar surface area (TPSA) is 163 Å². The van der Waals surface area contributed by atoms with Crippen LogP contribution in [0.1, 0.15) is 10.5 Å². The smallest absolute Gasteiger partial charge is 0.476 e. The minimum absolute atomic E-state index is 0.0229. The van der Waals surface area contributed by atoms with Gasteiger partial charge in [-0.2, -0.15) is 0 Å². The van der Waals surface area contributed by atoms with Crippen molar-refractivity contribution in [1.82, 2.24) is 30.3 Å². The Labute approximate surface area is 140 Å². The molecule has 0 saturated heterocycles. The third-order valence-electron chi connectivity index (χ3n) is 2.72. The molecule has 0 spiro atoms. The van der Waals surface area contributed by atoms with Crippen molar-refractivity contribution < 1.29 is 24.7 Å². The highest BCUT2D eigenvalue weighted by Crippen LogP contribution is 2.10. The molecule has 0 aliphatic heterocycles. The Balaban J connectivity index is 1.90. The maximum absolute atomic E-state index is 11.9. The molecule has 1 atom stereocenters. The molecule has 2 rings (SSSR count). The monoisotopic (exact) mass is 352 g/mol. The number of aromatic carboxylic acids is 1. The molecule has 0 aliphatic rings. The van der Waals surface area contributed by atoms with Gasteiger partial charge >= 0.3 is 13.1 Å². The van der Waals surface area contributed by atoms with Gasteiger partial charge in [-0.3, -0.25) is 9.48 Å². The van der Waals surface area contributed by atoms with Gasteiger partial charge in [0, 0.05) is 12.4 Å². The summed E-state index contributed by atoms with van der Waals surface area (Å²) in [5.74, 6) is -2.83. The molecule has 0 saturated carbocycles. The zero-order chi connectivity index (χ0) is 17.5. The number of carboxylic acids is 1. The number of carbonyl (C=O) groups excluding carboxylic acids is 1.